The van der Waals surface area contributed by atoms with E-state index in [0.29, 0.717) is 11.0 Å². The van der Waals surface area contributed by atoms with Gasteiger partial charge < -0.3 is 19.1 Å². The highest BCUT2D eigenvalue weighted by atomic mass is 16.7. The Kier molecular flexibility index (Phi) is 19.9. The van der Waals surface area contributed by atoms with E-state index in [2.05, 4.69) is 61.3 Å². The summed E-state index contributed by atoms with van der Waals surface area (Å²) in [7, 11) is 5.76. The van der Waals surface area contributed by atoms with Gasteiger partial charge in [-0.1, -0.05) is 79.5 Å². The lowest BCUT2D eigenvalue weighted by molar-refractivity contribution is -0.873. The Bertz CT molecular complexity index is 788. The fraction of sp³-hybridized carbons (Fsp3) is 0.517. The quantitative estimate of drug-likeness (QED) is 0.103. The summed E-state index contributed by atoms with van der Waals surface area (Å²) in [6, 6.07) is 0. The number of esters is 2. The van der Waals surface area contributed by atoms with Crippen molar-refractivity contribution in [3.05, 3.63) is 60.8 Å². The smallest absolute Gasteiger partial charge is 0.312 e. The molecule has 1 atom stereocenters. The van der Waals surface area contributed by atoms with Crippen LogP contribution in [-0.2, 0) is 19.1 Å². The minimum atomic E-state index is -0.797. The Balaban J connectivity index is 3.77. The molecule has 0 bridgehead atoms. The number of carbonyl (C=O) groups excluding carboxylic acids is 2. The van der Waals surface area contributed by atoms with Crippen LogP contribution in [0.25, 0.3) is 0 Å². The van der Waals surface area contributed by atoms with E-state index in [4.69, 9.17) is 9.47 Å². The number of aliphatic hydroxyl groups is 1. The molecule has 0 amide bonds. The van der Waals surface area contributed by atoms with E-state index >= 15 is 0 Å². The number of quaternary nitrogens is 1. The maximum atomic E-state index is 11.6. The van der Waals surface area contributed by atoms with Gasteiger partial charge in [0.25, 0.3) is 0 Å². The van der Waals surface area contributed by atoms with Crippen LogP contribution in [0.4, 0.5) is 0 Å². The standard InChI is InChI=1S/C29H44NO5/c1-5-6-7-8-9-10-11-12-13-14-15-16-17-18-19-20-21-22-23-28(32)34-26-35-29(33)24-27(31)25-30(2,3)4/h6-7,9-10,15-16,18-19,21-22,27,31H,5,8,11,14,17,20,23-26H2,1-4H3/q+1/b7-6-,10-9-,16-15-,19-18-,22-21-. The molecule has 6 nitrogen and oxygen atoms in total. The molecule has 0 aliphatic heterocycles. The lowest BCUT2D eigenvalue weighted by Crippen LogP contribution is -2.42. The van der Waals surface area contributed by atoms with Crippen molar-refractivity contribution in [1.82, 2.24) is 0 Å². The maximum Gasteiger partial charge on any atom is 0.312 e. The molecule has 1 N–H and O–H groups in total. The van der Waals surface area contributed by atoms with Crippen LogP contribution in [0, 0.1) is 11.8 Å². The van der Waals surface area contributed by atoms with Gasteiger partial charge in [0, 0.05) is 12.8 Å². The maximum absolute atomic E-state index is 11.6. The molecule has 0 aliphatic carbocycles. The van der Waals surface area contributed by atoms with Gasteiger partial charge in [0.05, 0.1) is 34.0 Å². The number of rotatable bonds is 17. The zero-order chi connectivity index (χ0) is 26.2. The zero-order valence-corrected chi connectivity index (χ0v) is 21.9. The van der Waals surface area contributed by atoms with Crippen LogP contribution >= 0.6 is 0 Å². The monoisotopic (exact) mass is 486 g/mol. The molecule has 0 aromatic rings. The first-order valence-corrected chi connectivity index (χ1v) is 12.2. The summed E-state index contributed by atoms with van der Waals surface area (Å²) in [6.45, 7) is 2.12. The molecular formula is C29H44NO5+. The average Bonchev–Trinajstić information content (AvgIpc) is 2.77. The topological polar surface area (TPSA) is 72.8 Å². The number of hydrogen-bond donors (Lipinski definition) is 1. The molecule has 0 rings (SSSR count). The van der Waals surface area contributed by atoms with Crippen molar-refractivity contribution in [2.75, 3.05) is 34.5 Å². The Morgan fingerprint density at radius 2 is 1.26 bits per heavy atom. The number of ether oxygens (including phenoxy) is 2. The van der Waals surface area contributed by atoms with Crippen molar-refractivity contribution in [2.24, 2.45) is 0 Å². The fourth-order valence-electron chi connectivity index (χ4n) is 2.76. The van der Waals surface area contributed by atoms with Crippen LogP contribution in [-0.4, -0.2) is 62.1 Å². The molecule has 0 aliphatic rings. The molecule has 35 heavy (non-hydrogen) atoms. The van der Waals surface area contributed by atoms with Gasteiger partial charge in [-0.15, -0.1) is 0 Å². The Hall–Kier alpha value is -2.88. The second-order valence-corrected chi connectivity index (χ2v) is 8.92. The van der Waals surface area contributed by atoms with Gasteiger partial charge in [-0.05, 0) is 25.7 Å². The largest absolute Gasteiger partial charge is 0.428 e. The third-order valence-corrected chi connectivity index (χ3v) is 4.34. The van der Waals surface area contributed by atoms with Crippen LogP contribution in [0.2, 0.25) is 0 Å². The van der Waals surface area contributed by atoms with Crippen molar-refractivity contribution in [3.63, 3.8) is 0 Å². The number of likely N-dealkylation sites (N-methyl/N-ethyl adjacent to an activating group) is 1. The lowest BCUT2D eigenvalue weighted by Gasteiger charge is -2.26. The summed E-state index contributed by atoms with van der Waals surface area (Å²) in [5, 5.41) is 9.83. The molecular weight excluding hydrogens is 442 g/mol. The molecule has 194 valence electrons. The van der Waals surface area contributed by atoms with Gasteiger partial charge in [-0.2, -0.15) is 0 Å². The van der Waals surface area contributed by atoms with E-state index in [0.717, 1.165) is 38.5 Å². The van der Waals surface area contributed by atoms with Gasteiger partial charge in [0.1, 0.15) is 12.6 Å². The molecule has 0 heterocycles. The van der Waals surface area contributed by atoms with Crippen LogP contribution in [0.1, 0.15) is 58.3 Å². The van der Waals surface area contributed by atoms with Gasteiger partial charge in [0.2, 0.25) is 6.79 Å². The summed E-state index contributed by atoms with van der Waals surface area (Å²) in [5.74, 6) is 5.19. The molecule has 1 unspecified atom stereocenters. The third-order valence-electron chi connectivity index (χ3n) is 4.34. The van der Waals surface area contributed by atoms with Crippen molar-refractivity contribution in [2.45, 2.75) is 64.4 Å². The van der Waals surface area contributed by atoms with Crippen LogP contribution in [0.3, 0.4) is 0 Å². The van der Waals surface area contributed by atoms with Crippen LogP contribution in [0.5, 0.6) is 0 Å². The number of allylic oxidation sites excluding steroid dienone is 9. The first-order valence-electron chi connectivity index (χ1n) is 12.2. The molecule has 0 saturated carbocycles. The number of carbonyl (C=O) groups is 2. The van der Waals surface area contributed by atoms with Gasteiger partial charge in [-0.25, -0.2) is 0 Å². The van der Waals surface area contributed by atoms with E-state index in [1.165, 1.54) is 0 Å². The highest BCUT2D eigenvalue weighted by Crippen LogP contribution is 2.02. The summed E-state index contributed by atoms with van der Waals surface area (Å²) in [4.78, 5) is 23.3. The summed E-state index contributed by atoms with van der Waals surface area (Å²) in [5.41, 5.74) is 0. The second kappa shape index (κ2) is 21.6. The van der Waals surface area contributed by atoms with Crippen molar-refractivity contribution in [1.29, 1.82) is 0 Å². The van der Waals surface area contributed by atoms with Gasteiger partial charge in [-0.3, -0.25) is 9.59 Å². The average molecular weight is 487 g/mol. The minimum Gasteiger partial charge on any atom is -0.428 e. The SMILES string of the molecule is CC/C=C\C/C=C\CC#CC/C=C\C/C=C\C/C=C\CC(=O)OCOC(=O)CC(O)C[N+](C)(C)C. The predicted octanol–water partition coefficient (Wildman–Crippen LogP) is 5.02. The summed E-state index contributed by atoms with van der Waals surface area (Å²) < 4.78 is 10.2. The van der Waals surface area contributed by atoms with Crippen LogP contribution < -0.4 is 0 Å². The molecule has 0 aromatic heterocycles. The molecule has 0 spiro atoms. The van der Waals surface area contributed by atoms with Crippen molar-refractivity contribution in [3.8, 4) is 11.8 Å². The van der Waals surface area contributed by atoms with E-state index < -0.39 is 24.8 Å². The Morgan fingerprint density at radius 1 is 0.771 bits per heavy atom. The predicted molar refractivity (Wildman–Crippen MR) is 142 cm³/mol. The molecule has 6 heteroatoms. The van der Waals surface area contributed by atoms with E-state index in [9.17, 15) is 14.7 Å². The minimum absolute atomic E-state index is 0.110. The highest BCUT2D eigenvalue weighted by molar-refractivity contribution is 5.72. The zero-order valence-electron chi connectivity index (χ0n) is 21.9. The fourth-order valence-corrected chi connectivity index (χ4v) is 2.76. The summed E-state index contributed by atoms with van der Waals surface area (Å²) in [6.07, 6.45) is 24.7. The number of aliphatic hydroxyl groups excluding tert-OH is 1. The summed E-state index contributed by atoms with van der Waals surface area (Å²) >= 11 is 0. The Labute approximate surface area is 212 Å². The van der Waals surface area contributed by atoms with Gasteiger partial charge in [0.15, 0.2) is 0 Å². The van der Waals surface area contributed by atoms with E-state index in [-0.39, 0.29) is 12.8 Å². The molecule has 0 radical (unpaired) electrons. The van der Waals surface area contributed by atoms with Gasteiger partial charge >= 0.3 is 11.9 Å². The highest BCUT2D eigenvalue weighted by Gasteiger charge is 2.19. The lowest BCUT2D eigenvalue weighted by atomic mass is 10.2. The molecule has 0 saturated heterocycles. The normalized spacial score (nSPS) is 13.2. The van der Waals surface area contributed by atoms with E-state index in [1.807, 2.05) is 33.3 Å². The van der Waals surface area contributed by atoms with E-state index in [1.54, 1.807) is 6.08 Å². The first-order chi connectivity index (χ1) is 16.7. The van der Waals surface area contributed by atoms with Crippen molar-refractivity contribution < 1.29 is 28.7 Å². The molecule has 0 aromatic carbocycles. The Morgan fingerprint density at radius 3 is 1.80 bits per heavy atom. The first kappa shape index (κ1) is 32.1. The van der Waals surface area contributed by atoms with Crippen LogP contribution in [0.15, 0.2) is 60.8 Å². The number of nitrogens with zero attached hydrogens (tertiary/aromatic N) is 1. The second-order valence-electron chi connectivity index (χ2n) is 8.92. The number of hydrogen-bond acceptors (Lipinski definition) is 5. The van der Waals surface area contributed by atoms with Crippen molar-refractivity contribution >= 4 is 11.9 Å². The third kappa shape index (κ3) is 25.6. The molecule has 0 fully saturated rings.